The van der Waals surface area contributed by atoms with Crippen LogP contribution in [0.3, 0.4) is 0 Å². The van der Waals surface area contributed by atoms with Gasteiger partial charge >= 0.3 is 0 Å². The van der Waals surface area contributed by atoms with Gasteiger partial charge in [0.1, 0.15) is 5.75 Å². The van der Waals surface area contributed by atoms with Gasteiger partial charge in [-0.2, -0.15) is 0 Å². The van der Waals surface area contributed by atoms with Crippen LogP contribution in [0.4, 0.5) is 0 Å². The zero-order valence-electron chi connectivity index (χ0n) is 15.2. The highest BCUT2D eigenvalue weighted by atomic mass is 16.5. The summed E-state index contributed by atoms with van der Waals surface area (Å²) in [6.45, 7) is 1.17. The molecule has 1 fully saturated rings. The first kappa shape index (κ1) is 18.7. The summed E-state index contributed by atoms with van der Waals surface area (Å²) in [5.74, 6) is 0.172. The fraction of sp³-hybridized carbons (Fsp3) is 0.600. The Kier molecular flexibility index (Phi) is 6.14. The highest BCUT2D eigenvalue weighted by molar-refractivity contribution is 5.77. The topological polar surface area (TPSA) is 92.9 Å². The van der Waals surface area contributed by atoms with Crippen molar-refractivity contribution in [1.29, 1.82) is 0 Å². The number of nitrogens with zero attached hydrogens (tertiary/aromatic N) is 1. The molecular formula is C20H28N2O4. The van der Waals surface area contributed by atoms with Crippen LogP contribution >= 0.6 is 0 Å². The molecule has 0 aromatic heterocycles. The molecule has 0 radical (unpaired) electrons. The SMILES string of the molecule is NC(=O)C[C@@H]1CN(C(=O)CCCOc2ccc3c(c2)CCCC3)C[C@H]1O. The average Bonchev–Trinajstić information content (AvgIpc) is 2.98. The number of likely N-dealkylation sites (tertiary alicyclic amines) is 1. The van der Waals surface area contributed by atoms with Crippen molar-refractivity contribution in [2.45, 2.75) is 51.0 Å². The summed E-state index contributed by atoms with van der Waals surface area (Å²) < 4.78 is 5.80. The number of benzene rings is 1. The largest absolute Gasteiger partial charge is 0.494 e. The van der Waals surface area contributed by atoms with Crippen LogP contribution in [-0.2, 0) is 22.4 Å². The van der Waals surface area contributed by atoms with Crippen molar-refractivity contribution < 1.29 is 19.4 Å². The van der Waals surface area contributed by atoms with E-state index in [1.54, 1.807) is 4.90 Å². The third-order valence-electron chi connectivity index (χ3n) is 5.35. The Bertz CT molecular complexity index is 661. The molecule has 0 unspecified atom stereocenters. The van der Waals surface area contributed by atoms with E-state index in [1.807, 2.05) is 6.07 Å². The second kappa shape index (κ2) is 8.54. The van der Waals surface area contributed by atoms with Gasteiger partial charge in [-0.3, -0.25) is 9.59 Å². The molecule has 0 bridgehead atoms. The Morgan fingerprint density at radius 3 is 2.73 bits per heavy atom. The van der Waals surface area contributed by atoms with E-state index in [0.717, 1.165) is 18.6 Å². The molecule has 1 aliphatic heterocycles. The van der Waals surface area contributed by atoms with Crippen LogP contribution in [0.25, 0.3) is 0 Å². The third-order valence-corrected chi connectivity index (χ3v) is 5.35. The molecule has 1 saturated heterocycles. The van der Waals surface area contributed by atoms with Crippen LogP contribution in [0.15, 0.2) is 18.2 Å². The Hall–Kier alpha value is -2.08. The zero-order valence-corrected chi connectivity index (χ0v) is 15.2. The third kappa shape index (κ3) is 4.75. The molecule has 2 aliphatic rings. The molecule has 142 valence electrons. The molecule has 2 atom stereocenters. The number of carbonyl (C=O) groups is 2. The van der Waals surface area contributed by atoms with Gasteiger partial charge in [-0.05, 0) is 55.4 Å². The number of aliphatic hydroxyl groups is 1. The van der Waals surface area contributed by atoms with Crippen molar-refractivity contribution in [2.24, 2.45) is 11.7 Å². The summed E-state index contributed by atoms with van der Waals surface area (Å²) in [5.41, 5.74) is 8.00. The number of rotatable bonds is 7. The predicted octanol–water partition coefficient (Wildman–Crippen LogP) is 1.42. The minimum atomic E-state index is -0.668. The van der Waals surface area contributed by atoms with E-state index in [9.17, 15) is 14.7 Å². The summed E-state index contributed by atoms with van der Waals surface area (Å²) in [4.78, 5) is 24.9. The number of hydrogen-bond donors (Lipinski definition) is 2. The number of primary amides is 1. The number of β-amino-alcohol motifs (C(OH)–C–C–N with tert-alkyl or cyclic N) is 1. The number of aliphatic hydroxyl groups excluding tert-OH is 1. The maximum Gasteiger partial charge on any atom is 0.222 e. The minimum absolute atomic E-state index is 0.00920. The van der Waals surface area contributed by atoms with Gasteiger partial charge < -0.3 is 20.5 Å². The quantitative estimate of drug-likeness (QED) is 0.719. The second-order valence-electron chi connectivity index (χ2n) is 7.39. The fourth-order valence-corrected chi connectivity index (χ4v) is 3.89. The van der Waals surface area contributed by atoms with E-state index >= 15 is 0 Å². The van der Waals surface area contributed by atoms with E-state index in [4.69, 9.17) is 10.5 Å². The van der Waals surface area contributed by atoms with Crippen molar-refractivity contribution in [3.05, 3.63) is 29.3 Å². The van der Waals surface area contributed by atoms with Crippen molar-refractivity contribution in [1.82, 2.24) is 4.90 Å². The number of aryl methyl sites for hydroxylation is 2. The summed E-state index contributed by atoms with van der Waals surface area (Å²) in [7, 11) is 0. The minimum Gasteiger partial charge on any atom is -0.494 e. The lowest BCUT2D eigenvalue weighted by Gasteiger charge is -2.17. The normalized spacial score (nSPS) is 22.1. The van der Waals surface area contributed by atoms with Crippen LogP contribution in [0.1, 0.15) is 43.2 Å². The first-order chi connectivity index (χ1) is 12.5. The number of nitrogens with two attached hydrogens (primary N) is 1. The van der Waals surface area contributed by atoms with E-state index < -0.39 is 12.0 Å². The van der Waals surface area contributed by atoms with Crippen molar-refractivity contribution in [2.75, 3.05) is 19.7 Å². The molecule has 6 heteroatoms. The first-order valence-corrected chi connectivity index (χ1v) is 9.51. The van der Waals surface area contributed by atoms with Crippen LogP contribution < -0.4 is 10.5 Å². The molecule has 1 aliphatic carbocycles. The van der Waals surface area contributed by atoms with Gasteiger partial charge in [-0.1, -0.05) is 6.07 Å². The number of ether oxygens (including phenoxy) is 1. The molecule has 3 rings (SSSR count). The Labute approximate surface area is 154 Å². The summed E-state index contributed by atoms with van der Waals surface area (Å²) >= 11 is 0. The Morgan fingerprint density at radius 1 is 1.19 bits per heavy atom. The predicted molar refractivity (Wildman–Crippen MR) is 97.7 cm³/mol. The standard InChI is InChI=1S/C20H28N2O4/c21-19(24)11-16-12-22(13-18(16)23)20(25)6-3-9-26-17-8-7-14-4-1-2-5-15(14)10-17/h7-8,10,16,18,23H,1-6,9,11-13H2,(H2,21,24)/t16-,18-/m1/s1. The molecule has 1 aromatic rings. The highest BCUT2D eigenvalue weighted by Gasteiger charge is 2.34. The van der Waals surface area contributed by atoms with Gasteiger partial charge in [0.05, 0.1) is 12.7 Å². The van der Waals surface area contributed by atoms with Crippen molar-refractivity contribution in [3.63, 3.8) is 0 Å². The Balaban J connectivity index is 1.40. The van der Waals surface area contributed by atoms with Gasteiger partial charge in [0.15, 0.2) is 0 Å². The van der Waals surface area contributed by atoms with Crippen LogP contribution in [0.5, 0.6) is 5.75 Å². The van der Waals surface area contributed by atoms with Gasteiger partial charge in [-0.25, -0.2) is 0 Å². The molecule has 3 N–H and O–H groups in total. The molecule has 26 heavy (non-hydrogen) atoms. The lowest BCUT2D eigenvalue weighted by molar-refractivity contribution is -0.131. The molecule has 0 spiro atoms. The van der Waals surface area contributed by atoms with E-state index in [-0.39, 0.29) is 24.8 Å². The molecule has 6 nitrogen and oxygen atoms in total. The summed E-state index contributed by atoms with van der Waals surface area (Å²) in [6, 6.07) is 6.29. The van der Waals surface area contributed by atoms with Gasteiger partial charge in [0.25, 0.3) is 0 Å². The Morgan fingerprint density at radius 2 is 1.96 bits per heavy atom. The molecule has 2 amide bonds. The van der Waals surface area contributed by atoms with Crippen LogP contribution in [0, 0.1) is 5.92 Å². The first-order valence-electron chi connectivity index (χ1n) is 9.51. The zero-order chi connectivity index (χ0) is 18.5. The van der Waals surface area contributed by atoms with Crippen molar-refractivity contribution >= 4 is 11.8 Å². The van der Waals surface area contributed by atoms with Gasteiger partial charge in [0, 0.05) is 31.8 Å². The summed E-state index contributed by atoms with van der Waals surface area (Å²) in [6.07, 6.45) is 5.23. The maximum atomic E-state index is 12.3. The number of fused-ring (bicyclic) bond motifs is 1. The number of hydrogen-bond acceptors (Lipinski definition) is 4. The monoisotopic (exact) mass is 360 g/mol. The maximum absolute atomic E-state index is 12.3. The van der Waals surface area contributed by atoms with Crippen LogP contribution in [-0.4, -0.2) is 47.6 Å². The van der Waals surface area contributed by atoms with E-state index in [1.165, 1.54) is 24.0 Å². The number of carbonyl (C=O) groups excluding carboxylic acids is 2. The number of amides is 2. The smallest absolute Gasteiger partial charge is 0.222 e. The molecular weight excluding hydrogens is 332 g/mol. The highest BCUT2D eigenvalue weighted by Crippen LogP contribution is 2.25. The second-order valence-corrected chi connectivity index (χ2v) is 7.39. The van der Waals surface area contributed by atoms with Gasteiger partial charge in [-0.15, -0.1) is 0 Å². The van der Waals surface area contributed by atoms with Crippen molar-refractivity contribution in [3.8, 4) is 5.75 Å². The fourth-order valence-electron chi connectivity index (χ4n) is 3.89. The van der Waals surface area contributed by atoms with E-state index in [0.29, 0.717) is 26.0 Å². The molecule has 1 heterocycles. The van der Waals surface area contributed by atoms with E-state index in [2.05, 4.69) is 12.1 Å². The molecule has 1 aromatic carbocycles. The summed E-state index contributed by atoms with van der Waals surface area (Å²) in [5, 5.41) is 9.95. The van der Waals surface area contributed by atoms with Gasteiger partial charge in [0.2, 0.25) is 11.8 Å². The van der Waals surface area contributed by atoms with Crippen LogP contribution in [0.2, 0.25) is 0 Å². The average molecular weight is 360 g/mol. The molecule has 0 saturated carbocycles. The lowest BCUT2D eigenvalue weighted by Crippen LogP contribution is -2.29. The lowest BCUT2D eigenvalue weighted by atomic mass is 9.92.